The summed E-state index contributed by atoms with van der Waals surface area (Å²) in [6.07, 6.45) is -3.64. The monoisotopic (exact) mass is 192 g/mol. The molecule has 1 unspecified atom stereocenters. The van der Waals surface area contributed by atoms with Crippen molar-refractivity contribution in [3.63, 3.8) is 0 Å². The van der Waals surface area contributed by atoms with Crippen LogP contribution < -0.4 is 5.32 Å². The minimum absolute atomic E-state index is 0.0919. The average Bonchev–Trinajstić information content (AvgIpc) is 2.79. The maximum Gasteiger partial charge on any atom is 0.406 e. The third kappa shape index (κ3) is 1.94. The number of hydrogen-bond donors (Lipinski definition) is 1. The van der Waals surface area contributed by atoms with Gasteiger partial charge in [0.1, 0.15) is 5.54 Å². The lowest BCUT2D eigenvalue weighted by Crippen LogP contribution is -2.49. The van der Waals surface area contributed by atoms with Gasteiger partial charge in [0.25, 0.3) is 0 Å². The van der Waals surface area contributed by atoms with Crippen LogP contribution in [0, 0.1) is 11.3 Å². The Hall–Kier alpha value is -0.760. The summed E-state index contributed by atoms with van der Waals surface area (Å²) in [5, 5.41) is 10.9. The van der Waals surface area contributed by atoms with Gasteiger partial charge in [-0.15, -0.1) is 0 Å². The molecule has 1 fully saturated rings. The van der Waals surface area contributed by atoms with E-state index in [0.717, 1.165) is 0 Å². The summed E-state index contributed by atoms with van der Waals surface area (Å²) in [7, 11) is 0. The summed E-state index contributed by atoms with van der Waals surface area (Å²) in [6, 6.07) is 1.12. The summed E-state index contributed by atoms with van der Waals surface area (Å²) in [5.41, 5.74) is -1.76. The molecule has 1 N–H and O–H groups in total. The van der Waals surface area contributed by atoms with Gasteiger partial charge in [-0.2, -0.15) is 18.4 Å². The van der Waals surface area contributed by atoms with Crippen molar-refractivity contribution in [2.24, 2.45) is 0 Å². The van der Waals surface area contributed by atoms with Crippen molar-refractivity contribution in [2.45, 2.75) is 43.9 Å². The zero-order valence-electron chi connectivity index (χ0n) is 7.28. The lowest BCUT2D eigenvalue weighted by atomic mass is 10.2. The lowest BCUT2D eigenvalue weighted by Gasteiger charge is -2.22. The second-order valence-corrected chi connectivity index (χ2v) is 3.31. The zero-order chi connectivity index (χ0) is 10.1. The number of hydrogen-bond acceptors (Lipinski definition) is 2. The molecule has 1 rings (SSSR count). The minimum Gasteiger partial charge on any atom is -0.288 e. The SMILES string of the molecule is CCC(C#N)NC1(C(F)(F)F)CC1. The summed E-state index contributed by atoms with van der Waals surface area (Å²) in [6.45, 7) is 1.69. The van der Waals surface area contributed by atoms with Gasteiger partial charge in [0, 0.05) is 0 Å². The van der Waals surface area contributed by atoms with Crippen LogP contribution in [-0.2, 0) is 0 Å². The van der Waals surface area contributed by atoms with Gasteiger partial charge in [-0.05, 0) is 19.3 Å². The molecule has 1 aliphatic carbocycles. The number of nitrogens with zero attached hydrogens (tertiary/aromatic N) is 1. The third-order valence-electron chi connectivity index (χ3n) is 2.31. The molecule has 13 heavy (non-hydrogen) atoms. The molecule has 0 bridgehead atoms. The number of nitriles is 1. The molecule has 1 atom stereocenters. The fourth-order valence-corrected chi connectivity index (χ4v) is 1.19. The first kappa shape index (κ1) is 10.3. The highest BCUT2D eigenvalue weighted by atomic mass is 19.4. The summed E-state index contributed by atoms with van der Waals surface area (Å²) in [4.78, 5) is 0. The molecule has 0 aromatic rings. The van der Waals surface area contributed by atoms with Crippen molar-refractivity contribution < 1.29 is 13.2 Å². The van der Waals surface area contributed by atoms with Gasteiger partial charge in [0.15, 0.2) is 0 Å². The van der Waals surface area contributed by atoms with E-state index in [9.17, 15) is 13.2 Å². The van der Waals surface area contributed by atoms with E-state index >= 15 is 0 Å². The first-order chi connectivity index (χ1) is 5.95. The molecule has 2 nitrogen and oxygen atoms in total. The highest BCUT2D eigenvalue weighted by molar-refractivity contribution is 5.11. The van der Waals surface area contributed by atoms with Gasteiger partial charge in [0.05, 0.1) is 12.1 Å². The summed E-state index contributed by atoms with van der Waals surface area (Å²) >= 11 is 0. The molecule has 0 saturated heterocycles. The lowest BCUT2D eigenvalue weighted by molar-refractivity contribution is -0.167. The quantitative estimate of drug-likeness (QED) is 0.742. The minimum atomic E-state index is -4.22. The molecule has 0 aliphatic heterocycles. The van der Waals surface area contributed by atoms with Crippen LogP contribution in [0.5, 0.6) is 0 Å². The van der Waals surface area contributed by atoms with Crippen molar-refractivity contribution >= 4 is 0 Å². The van der Waals surface area contributed by atoms with Gasteiger partial charge in [-0.3, -0.25) is 5.32 Å². The molecule has 1 aliphatic rings. The third-order valence-corrected chi connectivity index (χ3v) is 2.31. The Balaban J connectivity index is 2.59. The van der Waals surface area contributed by atoms with Gasteiger partial charge < -0.3 is 0 Å². The largest absolute Gasteiger partial charge is 0.406 e. The standard InChI is InChI=1S/C8H11F3N2/c1-2-6(5-12)13-7(3-4-7)8(9,10)11/h6,13H,2-4H2,1H3. The van der Waals surface area contributed by atoms with Crippen LogP contribution in [0.1, 0.15) is 26.2 Å². The average molecular weight is 192 g/mol. The van der Waals surface area contributed by atoms with E-state index in [0.29, 0.717) is 6.42 Å². The van der Waals surface area contributed by atoms with E-state index in [4.69, 9.17) is 5.26 Å². The predicted octanol–water partition coefficient (Wildman–Crippen LogP) is 1.97. The fraction of sp³-hybridized carbons (Fsp3) is 0.875. The van der Waals surface area contributed by atoms with E-state index in [2.05, 4.69) is 5.32 Å². The second kappa shape index (κ2) is 3.18. The van der Waals surface area contributed by atoms with Crippen LogP contribution in [0.15, 0.2) is 0 Å². The van der Waals surface area contributed by atoms with E-state index in [1.807, 2.05) is 6.07 Å². The van der Waals surface area contributed by atoms with Gasteiger partial charge >= 0.3 is 6.18 Å². The molecular weight excluding hydrogens is 181 g/mol. The Morgan fingerprint density at radius 2 is 2.08 bits per heavy atom. The van der Waals surface area contributed by atoms with Crippen LogP contribution in [0.25, 0.3) is 0 Å². The fourth-order valence-electron chi connectivity index (χ4n) is 1.19. The Labute approximate surface area is 74.7 Å². The molecule has 0 radical (unpaired) electrons. The van der Waals surface area contributed by atoms with Crippen LogP contribution in [-0.4, -0.2) is 17.8 Å². The molecule has 0 aromatic heterocycles. The van der Waals surface area contributed by atoms with Crippen LogP contribution in [0.3, 0.4) is 0 Å². The molecule has 0 spiro atoms. The molecule has 0 heterocycles. The highest BCUT2D eigenvalue weighted by Gasteiger charge is 2.63. The Kier molecular flexibility index (Phi) is 2.53. The van der Waals surface area contributed by atoms with Gasteiger partial charge in [-0.1, -0.05) is 6.92 Å². The molecule has 74 valence electrons. The molecule has 0 aromatic carbocycles. The Morgan fingerprint density at radius 3 is 2.31 bits per heavy atom. The maximum absolute atomic E-state index is 12.4. The second-order valence-electron chi connectivity index (χ2n) is 3.31. The molecule has 1 saturated carbocycles. The zero-order valence-corrected chi connectivity index (χ0v) is 7.28. The number of alkyl halides is 3. The van der Waals surface area contributed by atoms with Crippen molar-refractivity contribution in [1.29, 1.82) is 5.26 Å². The maximum atomic E-state index is 12.4. The number of rotatable bonds is 3. The van der Waals surface area contributed by atoms with Gasteiger partial charge in [0.2, 0.25) is 0 Å². The van der Waals surface area contributed by atoms with Crippen molar-refractivity contribution in [2.75, 3.05) is 0 Å². The van der Waals surface area contributed by atoms with Crippen molar-refractivity contribution in [3.05, 3.63) is 0 Å². The Morgan fingerprint density at radius 1 is 1.54 bits per heavy atom. The van der Waals surface area contributed by atoms with Gasteiger partial charge in [-0.25, -0.2) is 0 Å². The predicted molar refractivity (Wildman–Crippen MR) is 40.8 cm³/mol. The van der Waals surface area contributed by atoms with E-state index in [1.54, 1.807) is 6.92 Å². The van der Waals surface area contributed by atoms with Crippen molar-refractivity contribution in [3.8, 4) is 6.07 Å². The van der Waals surface area contributed by atoms with Crippen LogP contribution in [0.2, 0.25) is 0 Å². The summed E-state index contributed by atoms with van der Waals surface area (Å²) in [5.74, 6) is 0. The summed E-state index contributed by atoms with van der Waals surface area (Å²) < 4.78 is 37.1. The normalized spacial score (nSPS) is 22.1. The van der Waals surface area contributed by atoms with Crippen LogP contribution in [0.4, 0.5) is 13.2 Å². The first-order valence-electron chi connectivity index (χ1n) is 4.19. The van der Waals surface area contributed by atoms with Crippen molar-refractivity contribution in [1.82, 2.24) is 5.32 Å². The van der Waals surface area contributed by atoms with E-state index in [1.165, 1.54) is 0 Å². The van der Waals surface area contributed by atoms with E-state index in [-0.39, 0.29) is 12.8 Å². The first-order valence-corrected chi connectivity index (χ1v) is 4.19. The van der Waals surface area contributed by atoms with E-state index < -0.39 is 17.8 Å². The number of nitrogens with one attached hydrogen (secondary N) is 1. The molecule has 0 amide bonds. The smallest absolute Gasteiger partial charge is 0.288 e. The Bertz CT molecular complexity index is 225. The number of halogens is 3. The van der Waals surface area contributed by atoms with Crippen LogP contribution >= 0.6 is 0 Å². The molecular formula is C8H11F3N2. The topological polar surface area (TPSA) is 35.8 Å². The molecule has 5 heteroatoms. The highest BCUT2D eigenvalue weighted by Crippen LogP contribution is 2.49.